The fourth-order valence-electron chi connectivity index (χ4n) is 2.50. The number of ether oxygens (including phenoxy) is 1. The van der Waals surface area contributed by atoms with Crippen molar-refractivity contribution in [3.05, 3.63) is 58.6 Å². The van der Waals surface area contributed by atoms with Gasteiger partial charge in [0.05, 0.1) is 21.9 Å². The van der Waals surface area contributed by atoms with Crippen LogP contribution in [0.15, 0.2) is 47.7 Å². The van der Waals surface area contributed by atoms with Gasteiger partial charge in [-0.2, -0.15) is 0 Å². The zero-order valence-electron chi connectivity index (χ0n) is 15.0. The van der Waals surface area contributed by atoms with E-state index in [1.54, 1.807) is 12.1 Å². The Morgan fingerprint density at radius 1 is 1.31 bits per heavy atom. The standard InChI is InChI=1S/C19H16BrClFN5O2/c1-2-18(28)26-16-5-10-14(8-17(16)29-4-3-23)24-9-25-19(10)27-15-7-12(21)11(20)6-13(15)22/h2,5-9H,1,3-4,23H2,(H,26,28)(H,24,25,27). The number of carbonyl (C=O) groups excluding carboxylic acids is 1. The van der Waals surface area contributed by atoms with E-state index < -0.39 is 11.7 Å². The van der Waals surface area contributed by atoms with Gasteiger partial charge in [0.1, 0.15) is 30.3 Å². The normalized spacial score (nSPS) is 10.6. The Morgan fingerprint density at radius 2 is 2.10 bits per heavy atom. The maximum Gasteiger partial charge on any atom is 0.247 e. The molecular weight excluding hydrogens is 465 g/mol. The Morgan fingerprint density at radius 3 is 2.83 bits per heavy atom. The van der Waals surface area contributed by atoms with Crippen LogP contribution in [0.3, 0.4) is 0 Å². The van der Waals surface area contributed by atoms with Gasteiger partial charge in [-0.3, -0.25) is 4.79 Å². The quantitative estimate of drug-likeness (QED) is 0.342. The number of halogens is 3. The van der Waals surface area contributed by atoms with Crippen LogP contribution in [0.4, 0.5) is 21.6 Å². The molecule has 7 nitrogen and oxygen atoms in total. The predicted molar refractivity (Wildman–Crippen MR) is 115 cm³/mol. The largest absolute Gasteiger partial charge is 0.490 e. The summed E-state index contributed by atoms with van der Waals surface area (Å²) in [5, 5.41) is 6.46. The van der Waals surface area contributed by atoms with Crippen molar-refractivity contribution < 1.29 is 13.9 Å². The van der Waals surface area contributed by atoms with E-state index in [1.807, 2.05) is 0 Å². The van der Waals surface area contributed by atoms with Crippen LogP contribution in [0.5, 0.6) is 5.75 Å². The molecule has 0 aliphatic rings. The fourth-order valence-corrected chi connectivity index (χ4v) is 2.98. The number of anilines is 3. The van der Waals surface area contributed by atoms with E-state index in [1.165, 1.54) is 18.5 Å². The summed E-state index contributed by atoms with van der Waals surface area (Å²) in [6, 6.07) is 5.96. The van der Waals surface area contributed by atoms with Crippen LogP contribution in [0.1, 0.15) is 0 Å². The minimum absolute atomic E-state index is 0.137. The molecule has 0 spiro atoms. The van der Waals surface area contributed by atoms with Gasteiger partial charge in [0, 0.05) is 22.5 Å². The van der Waals surface area contributed by atoms with Crippen molar-refractivity contribution in [2.24, 2.45) is 5.73 Å². The van der Waals surface area contributed by atoms with Crippen LogP contribution in [0, 0.1) is 5.82 Å². The summed E-state index contributed by atoms with van der Waals surface area (Å²) >= 11 is 9.24. The molecule has 0 radical (unpaired) electrons. The molecule has 0 aliphatic carbocycles. The molecule has 0 atom stereocenters. The highest BCUT2D eigenvalue weighted by atomic mass is 79.9. The second-order valence-corrected chi connectivity index (χ2v) is 7.05. The second kappa shape index (κ2) is 9.17. The minimum atomic E-state index is -0.517. The maximum atomic E-state index is 14.3. The van der Waals surface area contributed by atoms with Crippen LogP contribution in [-0.2, 0) is 4.79 Å². The van der Waals surface area contributed by atoms with Gasteiger partial charge in [0.15, 0.2) is 0 Å². The lowest BCUT2D eigenvalue weighted by molar-refractivity contribution is -0.111. The van der Waals surface area contributed by atoms with E-state index in [0.29, 0.717) is 44.2 Å². The third-order valence-corrected chi connectivity index (χ3v) is 5.02. The van der Waals surface area contributed by atoms with Crippen LogP contribution in [0.25, 0.3) is 10.9 Å². The number of nitrogens with zero attached hydrogens (tertiary/aromatic N) is 2. The molecule has 1 heterocycles. The van der Waals surface area contributed by atoms with Gasteiger partial charge in [-0.25, -0.2) is 14.4 Å². The topological polar surface area (TPSA) is 102 Å². The molecule has 0 fully saturated rings. The van der Waals surface area contributed by atoms with Crippen LogP contribution >= 0.6 is 27.5 Å². The minimum Gasteiger partial charge on any atom is -0.490 e. The molecule has 1 amide bonds. The summed E-state index contributed by atoms with van der Waals surface area (Å²) in [6.07, 6.45) is 2.47. The highest BCUT2D eigenvalue weighted by molar-refractivity contribution is 9.10. The lowest BCUT2D eigenvalue weighted by Crippen LogP contribution is -2.13. The van der Waals surface area contributed by atoms with Gasteiger partial charge >= 0.3 is 0 Å². The average molecular weight is 481 g/mol. The van der Waals surface area contributed by atoms with Gasteiger partial charge in [-0.05, 0) is 40.2 Å². The Kier molecular flexibility index (Phi) is 6.63. The van der Waals surface area contributed by atoms with Crippen molar-refractivity contribution in [1.82, 2.24) is 9.97 Å². The number of hydrogen-bond acceptors (Lipinski definition) is 6. The van der Waals surface area contributed by atoms with Crippen molar-refractivity contribution >= 4 is 61.5 Å². The van der Waals surface area contributed by atoms with E-state index in [0.717, 1.165) is 6.08 Å². The number of amides is 1. The van der Waals surface area contributed by atoms with Crippen LogP contribution < -0.4 is 21.1 Å². The van der Waals surface area contributed by atoms with Gasteiger partial charge in [0.25, 0.3) is 0 Å². The first-order valence-corrected chi connectivity index (χ1v) is 9.56. The van der Waals surface area contributed by atoms with Gasteiger partial charge in [-0.1, -0.05) is 18.2 Å². The molecule has 2 aromatic carbocycles. The molecular formula is C19H16BrClFN5O2. The number of rotatable bonds is 7. The number of fused-ring (bicyclic) bond motifs is 1. The van der Waals surface area contributed by atoms with Crippen LogP contribution in [0.2, 0.25) is 5.02 Å². The summed E-state index contributed by atoms with van der Waals surface area (Å²) in [7, 11) is 0. The zero-order chi connectivity index (χ0) is 21.0. The van der Waals surface area contributed by atoms with Gasteiger partial charge in [-0.15, -0.1) is 0 Å². The van der Waals surface area contributed by atoms with Crippen molar-refractivity contribution in [2.75, 3.05) is 23.8 Å². The van der Waals surface area contributed by atoms with Crippen LogP contribution in [-0.4, -0.2) is 29.0 Å². The predicted octanol–water partition coefficient (Wildman–Crippen LogP) is 4.39. The first kappa shape index (κ1) is 21.0. The van der Waals surface area contributed by atoms with Gasteiger partial charge < -0.3 is 21.1 Å². The molecule has 3 rings (SSSR count). The molecule has 4 N–H and O–H groups in total. The number of aromatic nitrogens is 2. The Hall–Kier alpha value is -2.75. The summed E-state index contributed by atoms with van der Waals surface area (Å²) in [6.45, 7) is 3.99. The number of nitrogens with one attached hydrogen (secondary N) is 2. The third-order valence-electron chi connectivity index (χ3n) is 3.82. The molecule has 0 saturated heterocycles. The molecule has 0 unspecified atom stereocenters. The Bertz CT molecular complexity index is 1100. The van der Waals surface area contributed by atoms with Crippen molar-refractivity contribution in [1.29, 1.82) is 0 Å². The SMILES string of the molecule is C=CC(=O)Nc1cc2c(Nc3cc(Cl)c(Br)cc3F)ncnc2cc1OCCN. The zero-order valence-corrected chi connectivity index (χ0v) is 17.3. The molecule has 0 saturated carbocycles. The number of benzene rings is 2. The first-order valence-electron chi connectivity index (χ1n) is 8.39. The maximum absolute atomic E-state index is 14.3. The number of hydrogen-bond donors (Lipinski definition) is 3. The van der Waals surface area contributed by atoms with E-state index in [-0.39, 0.29) is 12.3 Å². The molecule has 10 heteroatoms. The van der Waals surface area contributed by atoms with E-state index in [4.69, 9.17) is 22.1 Å². The monoisotopic (exact) mass is 479 g/mol. The van der Waals surface area contributed by atoms with E-state index in [9.17, 15) is 9.18 Å². The molecule has 0 aliphatic heterocycles. The highest BCUT2D eigenvalue weighted by Crippen LogP contribution is 2.35. The summed E-state index contributed by atoms with van der Waals surface area (Å²) in [5.74, 6) is -0.220. The summed E-state index contributed by atoms with van der Waals surface area (Å²) in [4.78, 5) is 20.2. The molecule has 3 aromatic rings. The number of nitrogens with two attached hydrogens (primary N) is 1. The van der Waals surface area contributed by atoms with E-state index in [2.05, 4.69) is 43.1 Å². The lowest BCUT2D eigenvalue weighted by atomic mass is 10.1. The fraction of sp³-hybridized carbons (Fsp3) is 0.105. The first-order chi connectivity index (χ1) is 13.9. The Labute approximate surface area is 179 Å². The second-order valence-electron chi connectivity index (χ2n) is 5.79. The smallest absolute Gasteiger partial charge is 0.247 e. The molecule has 29 heavy (non-hydrogen) atoms. The lowest BCUT2D eigenvalue weighted by Gasteiger charge is -2.15. The highest BCUT2D eigenvalue weighted by Gasteiger charge is 2.14. The summed E-state index contributed by atoms with van der Waals surface area (Å²) in [5.41, 5.74) is 6.54. The van der Waals surface area contributed by atoms with Crippen molar-refractivity contribution in [2.45, 2.75) is 0 Å². The number of carbonyl (C=O) groups is 1. The molecule has 1 aromatic heterocycles. The average Bonchev–Trinajstić information content (AvgIpc) is 2.70. The van der Waals surface area contributed by atoms with E-state index >= 15 is 0 Å². The molecule has 0 bridgehead atoms. The third kappa shape index (κ3) is 4.81. The Balaban J connectivity index is 2.09. The van der Waals surface area contributed by atoms with Gasteiger partial charge in [0.2, 0.25) is 5.91 Å². The van der Waals surface area contributed by atoms with Crippen molar-refractivity contribution in [3.63, 3.8) is 0 Å². The summed E-state index contributed by atoms with van der Waals surface area (Å²) < 4.78 is 20.4. The van der Waals surface area contributed by atoms with Crippen molar-refractivity contribution in [3.8, 4) is 5.75 Å². The molecule has 150 valence electrons.